The summed E-state index contributed by atoms with van der Waals surface area (Å²) in [6, 6.07) is 2.73. The maximum Gasteiger partial charge on any atom is 0.407 e. The molecule has 3 N–H and O–H groups in total. The molecule has 2 amide bonds. The summed E-state index contributed by atoms with van der Waals surface area (Å²) >= 11 is 0. The fraction of sp³-hybridized carbons (Fsp3) is 0.412. The van der Waals surface area contributed by atoms with Gasteiger partial charge in [0.15, 0.2) is 0 Å². The third-order valence-electron chi connectivity index (χ3n) is 4.49. The van der Waals surface area contributed by atoms with Crippen LogP contribution < -0.4 is 10.9 Å². The number of aliphatic hydroxyl groups is 1. The van der Waals surface area contributed by atoms with E-state index in [1.807, 2.05) is 0 Å². The second-order valence-corrected chi connectivity index (χ2v) is 6.39. The second kappa shape index (κ2) is 7.62. The van der Waals surface area contributed by atoms with E-state index >= 15 is 0 Å². The Hall–Kier alpha value is -3.14. The first kappa shape index (κ1) is 18.6. The summed E-state index contributed by atoms with van der Waals surface area (Å²) in [6.07, 6.45) is 2.69. The fourth-order valence-corrected chi connectivity index (χ4v) is 3.15. The molecule has 1 atom stereocenters. The van der Waals surface area contributed by atoms with Gasteiger partial charge in [0.2, 0.25) is 0 Å². The van der Waals surface area contributed by atoms with Crippen molar-refractivity contribution in [1.82, 2.24) is 24.3 Å². The van der Waals surface area contributed by atoms with Gasteiger partial charge in [0.1, 0.15) is 11.4 Å². The Balaban J connectivity index is 1.86. The molecule has 2 aromatic rings. The molecule has 2 aromatic heterocycles. The van der Waals surface area contributed by atoms with Crippen molar-refractivity contribution in [3.05, 3.63) is 46.4 Å². The van der Waals surface area contributed by atoms with Gasteiger partial charge in [-0.2, -0.15) is 0 Å². The van der Waals surface area contributed by atoms with Gasteiger partial charge in [-0.25, -0.2) is 9.78 Å². The van der Waals surface area contributed by atoms with E-state index in [4.69, 9.17) is 5.11 Å². The van der Waals surface area contributed by atoms with Crippen LogP contribution >= 0.6 is 0 Å². The van der Waals surface area contributed by atoms with Crippen molar-refractivity contribution in [2.45, 2.75) is 25.9 Å². The van der Waals surface area contributed by atoms with Crippen LogP contribution in [0.3, 0.4) is 0 Å². The van der Waals surface area contributed by atoms with Gasteiger partial charge in [0.25, 0.3) is 11.5 Å². The van der Waals surface area contributed by atoms with Gasteiger partial charge in [-0.3, -0.25) is 14.2 Å². The maximum absolute atomic E-state index is 12.8. The fourth-order valence-electron chi connectivity index (χ4n) is 3.15. The number of imidazole rings is 1. The summed E-state index contributed by atoms with van der Waals surface area (Å²) in [6.45, 7) is 2.02. The number of nitrogens with one attached hydrogen (secondary N) is 1. The van der Waals surface area contributed by atoms with Crippen molar-refractivity contribution < 1.29 is 19.8 Å². The lowest BCUT2D eigenvalue weighted by Crippen LogP contribution is -2.41. The average molecular weight is 375 g/mol. The molecule has 0 bridgehead atoms. The van der Waals surface area contributed by atoms with E-state index in [-0.39, 0.29) is 31.4 Å². The van der Waals surface area contributed by atoms with E-state index in [1.54, 1.807) is 17.7 Å². The first-order chi connectivity index (χ1) is 12.9. The third kappa shape index (κ3) is 3.85. The molecule has 0 spiro atoms. The first-order valence-corrected chi connectivity index (χ1v) is 8.55. The lowest BCUT2D eigenvalue weighted by Gasteiger charge is -2.17. The van der Waals surface area contributed by atoms with Crippen LogP contribution in [0.5, 0.6) is 0 Å². The molecule has 10 nitrogen and oxygen atoms in total. The molecule has 10 heteroatoms. The number of carboxylic acid groups (broad SMARTS) is 1. The SMILES string of the molecule is Cc1cn(-c2ccc(C(=O)N[C@@H]3CCN(C(=O)O)C3)n(CCO)c2=O)cn1. The lowest BCUT2D eigenvalue weighted by molar-refractivity contribution is 0.0923. The Morgan fingerprint density at radius 1 is 1.37 bits per heavy atom. The number of hydrogen-bond donors (Lipinski definition) is 3. The molecular formula is C17H21N5O5. The zero-order valence-corrected chi connectivity index (χ0v) is 14.8. The predicted molar refractivity (Wildman–Crippen MR) is 95.1 cm³/mol. The minimum absolute atomic E-state index is 0.0327. The van der Waals surface area contributed by atoms with Gasteiger partial charge in [-0.15, -0.1) is 0 Å². The maximum atomic E-state index is 12.8. The zero-order chi connectivity index (χ0) is 19.6. The molecule has 3 heterocycles. The molecule has 1 aliphatic rings. The summed E-state index contributed by atoms with van der Waals surface area (Å²) in [7, 11) is 0. The number of rotatable bonds is 5. The van der Waals surface area contributed by atoms with Gasteiger partial charge in [-0.05, 0) is 25.5 Å². The topological polar surface area (TPSA) is 130 Å². The van der Waals surface area contributed by atoms with E-state index < -0.39 is 17.6 Å². The molecule has 0 aromatic carbocycles. The van der Waals surface area contributed by atoms with Crippen molar-refractivity contribution in [3.8, 4) is 5.69 Å². The quantitative estimate of drug-likeness (QED) is 0.665. The highest BCUT2D eigenvalue weighted by Gasteiger charge is 2.28. The second-order valence-electron chi connectivity index (χ2n) is 6.39. The molecule has 1 aliphatic heterocycles. The Morgan fingerprint density at radius 3 is 2.74 bits per heavy atom. The van der Waals surface area contributed by atoms with Gasteiger partial charge >= 0.3 is 6.09 Å². The predicted octanol–water partition coefficient (Wildman–Crippen LogP) is -0.183. The minimum atomic E-state index is -1.02. The number of carbonyl (C=O) groups excluding carboxylic acids is 1. The van der Waals surface area contributed by atoms with Crippen molar-refractivity contribution in [1.29, 1.82) is 0 Å². The Labute approximate surface area is 154 Å². The summed E-state index contributed by atoms with van der Waals surface area (Å²) in [5.74, 6) is -0.480. The largest absolute Gasteiger partial charge is 0.465 e. The Morgan fingerprint density at radius 2 is 2.15 bits per heavy atom. The van der Waals surface area contributed by atoms with Crippen LogP contribution in [0.2, 0.25) is 0 Å². The van der Waals surface area contributed by atoms with Gasteiger partial charge in [-0.1, -0.05) is 0 Å². The highest BCUT2D eigenvalue weighted by Crippen LogP contribution is 2.11. The zero-order valence-electron chi connectivity index (χ0n) is 14.8. The van der Waals surface area contributed by atoms with Crippen molar-refractivity contribution in [3.63, 3.8) is 0 Å². The standard InChI is InChI=1S/C17H21N5O5/c1-11-8-21(10-18-11)14-3-2-13(22(6-7-23)16(14)25)15(24)19-12-4-5-20(9-12)17(26)27/h2-3,8,10,12,23H,4-7,9H2,1H3,(H,19,24)(H,26,27)/t12-/m1/s1. The number of likely N-dealkylation sites (tertiary alicyclic amines) is 1. The van der Waals surface area contributed by atoms with Crippen molar-refractivity contribution in [2.75, 3.05) is 19.7 Å². The van der Waals surface area contributed by atoms with Crippen LogP contribution in [0.1, 0.15) is 22.6 Å². The number of nitrogens with zero attached hydrogens (tertiary/aromatic N) is 4. The Bertz CT molecular complexity index is 919. The normalized spacial score (nSPS) is 16.5. The first-order valence-electron chi connectivity index (χ1n) is 8.55. The molecule has 0 saturated carbocycles. The summed E-state index contributed by atoms with van der Waals surface area (Å²) in [5.41, 5.74) is 0.753. The number of hydrogen-bond acceptors (Lipinski definition) is 5. The molecule has 144 valence electrons. The van der Waals surface area contributed by atoms with Gasteiger partial charge < -0.3 is 25.0 Å². The van der Waals surface area contributed by atoms with Crippen molar-refractivity contribution >= 4 is 12.0 Å². The van der Waals surface area contributed by atoms with E-state index in [0.29, 0.717) is 18.7 Å². The van der Waals surface area contributed by atoms with Crippen LogP contribution in [-0.2, 0) is 6.54 Å². The smallest absolute Gasteiger partial charge is 0.407 e. The van der Waals surface area contributed by atoms with Crippen LogP contribution in [0.15, 0.2) is 29.5 Å². The van der Waals surface area contributed by atoms with Gasteiger partial charge in [0.05, 0.1) is 18.6 Å². The van der Waals surface area contributed by atoms with E-state index in [9.17, 15) is 19.5 Å². The molecular weight excluding hydrogens is 354 g/mol. The number of carbonyl (C=O) groups is 2. The number of aromatic nitrogens is 3. The molecule has 0 radical (unpaired) electrons. The van der Waals surface area contributed by atoms with Crippen LogP contribution in [-0.4, -0.2) is 67.0 Å². The molecule has 0 aliphatic carbocycles. The number of aliphatic hydroxyl groups excluding tert-OH is 1. The number of pyridine rings is 1. The van der Waals surface area contributed by atoms with E-state index in [0.717, 1.165) is 5.69 Å². The summed E-state index contributed by atoms with van der Waals surface area (Å²) in [5, 5.41) is 21.1. The molecule has 1 saturated heterocycles. The summed E-state index contributed by atoms with van der Waals surface area (Å²) in [4.78, 5) is 41.8. The molecule has 1 fully saturated rings. The third-order valence-corrected chi connectivity index (χ3v) is 4.49. The van der Waals surface area contributed by atoms with Crippen molar-refractivity contribution in [2.24, 2.45) is 0 Å². The van der Waals surface area contributed by atoms with E-state index in [1.165, 1.54) is 27.9 Å². The molecule has 3 rings (SSSR count). The summed E-state index contributed by atoms with van der Waals surface area (Å²) < 4.78 is 2.78. The lowest BCUT2D eigenvalue weighted by atomic mass is 10.2. The Kier molecular flexibility index (Phi) is 5.26. The average Bonchev–Trinajstić information content (AvgIpc) is 3.26. The number of amides is 2. The monoisotopic (exact) mass is 375 g/mol. The van der Waals surface area contributed by atoms with E-state index in [2.05, 4.69) is 10.3 Å². The van der Waals surface area contributed by atoms with Crippen LogP contribution in [0, 0.1) is 6.92 Å². The molecule has 0 unspecified atom stereocenters. The highest BCUT2D eigenvalue weighted by molar-refractivity contribution is 5.93. The minimum Gasteiger partial charge on any atom is -0.465 e. The van der Waals surface area contributed by atoms with Gasteiger partial charge in [0, 0.05) is 31.9 Å². The molecule has 27 heavy (non-hydrogen) atoms. The van der Waals surface area contributed by atoms with Crippen LogP contribution in [0.25, 0.3) is 5.69 Å². The number of aryl methyl sites for hydroxylation is 1. The van der Waals surface area contributed by atoms with Crippen LogP contribution in [0.4, 0.5) is 4.79 Å². The highest BCUT2D eigenvalue weighted by atomic mass is 16.4.